The van der Waals surface area contributed by atoms with E-state index in [1.54, 1.807) is 19.3 Å². The predicted octanol–water partition coefficient (Wildman–Crippen LogP) is 3.32. The Kier molecular flexibility index (Phi) is 5.17. The summed E-state index contributed by atoms with van der Waals surface area (Å²) in [7, 11) is 1.99. The molecule has 4 rings (SSSR count). The quantitative estimate of drug-likeness (QED) is 0.520. The van der Waals surface area contributed by atoms with Gasteiger partial charge in [-0.1, -0.05) is 6.08 Å². The highest BCUT2D eigenvalue weighted by Gasteiger charge is 2.08. The molecule has 0 saturated carbocycles. The molecule has 0 radical (unpaired) electrons. The van der Waals surface area contributed by atoms with E-state index in [1.807, 2.05) is 49.5 Å². The van der Waals surface area contributed by atoms with Crippen LogP contribution in [-0.2, 0) is 0 Å². The van der Waals surface area contributed by atoms with Crippen LogP contribution in [0.3, 0.4) is 0 Å². The molecule has 0 aliphatic heterocycles. The summed E-state index contributed by atoms with van der Waals surface area (Å²) in [6, 6.07) is 15.5. The summed E-state index contributed by atoms with van der Waals surface area (Å²) in [4.78, 5) is 24.9. The topological polar surface area (TPSA) is 83.7 Å². The average Bonchev–Trinajstić information content (AvgIpc) is 3.22. The second kappa shape index (κ2) is 8.08. The van der Waals surface area contributed by atoms with Crippen LogP contribution in [-0.4, -0.2) is 23.7 Å². The third-order valence-corrected chi connectivity index (χ3v) is 4.73. The number of furan rings is 1. The number of anilines is 2. The molecule has 30 heavy (non-hydrogen) atoms. The number of fused-ring (bicyclic) bond motifs is 1. The van der Waals surface area contributed by atoms with Crippen LogP contribution in [0.1, 0.15) is 6.92 Å². The lowest BCUT2D eigenvalue weighted by Gasteiger charge is -2.19. The van der Waals surface area contributed by atoms with E-state index in [-0.39, 0.29) is 11.6 Å². The highest BCUT2D eigenvalue weighted by atomic mass is 16.5. The van der Waals surface area contributed by atoms with Crippen LogP contribution in [0.5, 0.6) is 11.8 Å². The van der Waals surface area contributed by atoms with Crippen molar-refractivity contribution in [2.45, 2.75) is 6.92 Å². The van der Waals surface area contributed by atoms with Gasteiger partial charge < -0.3 is 14.1 Å². The molecular weight excluding hydrogens is 380 g/mol. The number of aromatic nitrogens is 2. The monoisotopic (exact) mass is 400 g/mol. The van der Waals surface area contributed by atoms with Crippen molar-refractivity contribution in [3.63, 3.8) is 0 Å². The zero-order chi connectivity index (χ0) is 21.1. The molecule has 7 nitrogen and oxygen atoms in total. The first-order valence-electron chi connectivity index (χ1n) is 9.30. The van der Waals surface area contributed by atoms with Crippen LogP contribution in [0, 0.1) is 0 Å². The van der Waals surface area contributed by atoms with Gasteiger partial charge in [-0.05, 0) is 62.2 Å². The number of nitrogens with zero attached hydrogens (tertiary/aromatic N) is 3. The molecule has 2 aromatic carbocycles. The molecule has 150 valence electrons. The predicted molar refractivity (Wildman–Crippen MR) is 119 cm³/mol. The fourth-order valence-corrected chi connectivity index (χ4v) is 3.15. The Labute approximate surface area is 172 Å². The number of hydrogen-bond acceptors (Lipinski definition) is 6. The Morgan fingerprint density at radius 2 is 1.93 bits per heavy atom. The highest BCUT2D eigenvalue weighted by Crippen LogP contribution is 2.29. The number of nitrogens with one attached hydrogen (secondary N) is 1. The van der Waals surface area contributed by atoms with Crippen molar-refractivity contribution in [3.8, 4) is 11.8 Å². The van der Waals surface area contributed by atoms with E-state index >= 15 is 0 Å². The molecule has 0 fully saturated rings. The van der Waals surface area contributed by atoms with Gasteiger partial charge >= 0.3 is 6.01 Å². The Hall–Kier alpha value is -4.13. The number of hydrogen-bond donors (Lipinski definition) is 1. The van der Waals surface area contributed by atoms with Crippen molar-refractivity contribution in [2.75, 3.05) is 11.9 Å². The third kappa shape index (κ3) is 3.73. The van der Waals surface area contributed by atoms with Gasteiger partial charge in [-0.2, -0.15) is 4.98 Å². The van der Waals surface area contributed by atoms with Crippen LogP contribution in [0.2, 0.25) is 0 Å². The summed E-state index contributed by atoms with van der Waals surface area (Å²) < 4.78 is 11.1. The molecule has 1 N–H and O–H groups in total. The summed E-state index contributed by atoms with van der Waals surface area (Å²) in [5.74, 6) is 0.548. The van der Waals surface area contributed by atoms with Crippen LogP contribution < -0.4 is 25.8 Å². The SMILES string of the molecule is C=N/C=c1/nc(Oc2ccc(N(C)c3ccc4occc4c3)cc2)[nH]c(=O)/c1=C/C. The van der Waals surface area contributed by atoms with Gasteiger partial charge in [0.2, 0.25) is 0 Å². The maximum atomic E-state index is 12.2. The number of aliphatic imine (C=N–C) groups is 1. The Bertz CT molecular complexity index is 1380. The first kappa shape index (κ1) is 19.2. The first-order valence-corrected chi connectivity index (χ1v) is 9.30. The number of rotatable bonds is 5. The molecule has 0 aliphatic carbocycles. The van der Waals surface area contributed by atoms with E-state index in [0.29, 0.717) is 16.3 Å². The molecule has 0 spiro atoms. The minimum atomic E-state index is -0.302. The summed E-state index contributed by atoms with van der Waals surface area (Å²) >= 11 is 0. The van der Waals surface area contributed by atoms with Crippen LogP contribution in [0.25, 0.3) is 23.2 Å². The molecule has 0 atom stereocenters. The lowest BCUT2D eigenvalue weighted by atomic mass is 10.2. The zero-order valence-corrected chi connectivity index (χ0v) is 16.6. The summed E-state index contributed by atoms with van der Waals surface area (Å²) in [5.41, 5.74) is 2.57. The third-order valence-electron chi connectivity index (χ3n) is 4.73. The van der Waals surface area contributed by atoms with Gasteiger partial charge in [0.05, 0.1) is 23.0 Å². The minimum Gasteiger partial charge on any atom is -0.464 e. The number of H-pyrrole nitrogens is 1. The van der Waals surface area contributed by atoms with Gasteiger partial charge in [-0.15, -0.1) is 0 Å². The standard InChI is InChI=1S/C23H20N4O3/c1-4-19-20(14-24-2)25-23(26-22(19)28)30-18-8-5-16(6-9-18)27(3)17-7-10-21-15(13-17)11-12-29-21/h4-14H,2H2,1,3H3,(H,25,26,28)/b19-4+,20-14+. The van der Waals surface area contributed by atoms with Gasteiger partial charge in [0, 0.05) is 23.8 Å². The summed E-state index contributed by atoms with van der Waals surface area (Å²) in [6.07, 6.45) is 4.77. The molecule has 0 saturated heterocycles. The average molecular weight is 400 g/mol. The first-order chi connectivity index (χ1) is 14.6. The van der Waals surface area contributed by atoms with E-state index in [9.17, 15) is 4.79 Å². The van der Waals surface area contributed by atoms with Crippen LogP contribution in [0.15, 0.2) is 69.0 Å². The van der Waals surface area contributed by atoms with Gasteiger partial charge in [-0.25, -0.2) is 0 Å². The molecule has 4 aromatic rings. The molecule has 0 bridgehead atoms. The largest absolute Gasteiger partial charge is 0.464 e. The molecule has 7 heteroatoms. The van der Waals surface area contributed by atoms with Crippen molar-refractivity contribution in [1.82, 2.24) is 9.97 Å². The van der Waals surface area contributed by atoms with E-state index < -0.39 is 0 Å². The van der Waals surface area contributed by atoms with Crippen molar-refractivity contribution in [2.24, 2.45) is 4.99 Å². The van der Waals surface area contributed by atoms with Gasteiger partial charge in [-0.3, -0.25) is 14.8 Å². The second-order valence-electron chi connectivity index (χ2n) is 6.57. The molecular formula is C23H20N4O3. The van der Waals surface area contributed by atoms with Crippen LogP contribution >= 0.6 is 0 Å². The van der Waals surface area contributed by atoms with Crippen molar-refractivity contribution >= 4 is 41.3 Å². The van der Waals surface area contributed by atoms with E-state index in [0.717, 1.165) is 22.3 Å². The summed E-state index contributed by atoms with van der Waals surface area (Å²) in [5, 5.41) is 1.86. The Balaban J connectivity index is 1.59. The fourth-order valence-electron chi connectivity index (χ4n) is 3.15. The molecule has 2 aromatic heterocycles. The van der Waals surface area contributed by atoms with E-state index in [1.165, 1.54) is 6.20 Å². The molecule has 0 amide bonds. The lowest BCUT2D eigenvalue weighted by Crippen LogP contribution is -2.42. The van der Waals surface area contributed by atoms with E-state index in [4.69, 9.17) is 9.15 Å². The zero-order valence-electron chi connectivity index (χ0n) is 16.6. The Morgan fingerprint density at radius 3 is 2.67 bits per heavy atom. The smallest absolute Gasteiger partial charge is 0.302 e. The van der Waals surface area contributed by atoms with Crippen molar-refractivity contribution in [1.29, 1.82) is 0 Å². The molecule has 0 aliphatic rings. The molecule has 2 heterocycles. The number of benzene rings is 2. The van der Waals surface area contributed by atoms with Gasteiger partial charge in [0.15, 0.2) is 0 Å². The minimum absolute atomic E-state index is 0.0898. The number of aromatic amines is 1. The van der Waals surface area contributed by atoms with Gasteiger partial charge in [0.25, 0.3) is 5.56 Å². The van der Waals surface area contributed by atoms with Crippen molar-refractivity contribution in [3.05, 3.63) is 75.7 Å². The maximum Gasteiger partial charge on any atom is 0.302 e. The van der Waals surface area contributed by atoms with Gasteiger partial charge in [0.1, 0.15) is 11.3 Å². The van der Waals surface area contributed by atoms with Crippen molar-refractivity contribution < 1.29 is 9.15 Å². The highest BCUT2D eigenvalue weighted by molar-refractivity contribution is 5.82. The lowest BCUT2D eigenvalue weighted by molar-refractivity contribution is 0.437. The summed E-state index contributed by atoms with van der Waals surface area (Å²) in [6.45, 7) is 5.17. The fraction of sp³-hybridized carbons (Fsp3) is 0.0870. The molecule has 0 unspecified atom stereocenters. The Morgan fingerprint density at radius 1 is 1.17 bits per heavy atom. The number of ether oxygens (including phenoxy) is 1. The van der Waals surface area contributed by atoms with Crippen LogP contribution in [0.4, 0.5) is 11.4 Å². The second-order valence-corrected chi connectivity index (χ2v) is 6.57. The maximum absolute atomic E-state index is 12.2. The normalized spacial score (nSPS) is 12.3. The van der Waals surface area contributed by atoms with E-state index in [2.05, 4.69) is 32.6 Å².